The van der Waals surface area contributed by atoms with E-state index in [1.165, 1.54) is 4.68 Å². The number of nitrogens with zero attached hydrogens (tertiary/aromatic N) is 6. The van der Waals surface area contributed by atoms with Crippen LogP contribution in [0.15, 0.2) is 9.21 Å². The molecule has 8 nitrogen and oxygen atoms in total. The summed E-state index contributed by atoms with van der Waals surface area (Å²) in [4.78, 5) is 12.1. The Kier molecular flexibility index (Phi) is 3.71. The highest BCUT2D eigenvalue weighted by molar-refractivity contribution is 4.86. The monoisotopic (exact) mass is 318 g/mol. The molecule has 22 heavy (non-hydrogen) atoms. The van der Waals surface area contributed by atoms with Crippen LogP contribution in [0.5, 0.6) is 0 Å². The third-order valence-corrected chi connectivity index (χ3v) is 3.58. The zero-order chi connectivity index (χ0) is 15.7. The molecule has 0 saturated heterocycles. The van der Waals surface area contributed by atoms with E-state index in [1.54, 1.807) is 0 Å². The van der Waals surface area contributed by atoms with Gasteiger partial charge in [0.25, 0.3) is 0 Å². The van der Waals surface area contributed by atoms with Crippen LogP contribution >= 0.6 is 0 Å². The molecule has 1 saturated carbocycles. The molecule has 0 atom stereocenters. The van der Waals surface area contributed by atoms with E-state index in [2.05, 4.69) is 25.0 Å². The molecule has 11 heteroatoms. The molecule has 0 aliphatic heterocycles. The van der Waals surface area contributed by atoms with Crippen LogP contribution in [0, 0.1) is 0 Å². The summed E-state index contributed by atoms with van der Waals surface area (Å²) in [5.74, 6) is -1.60. The van der Waals surface area contributed by atoms with Crippen LogP contribution in [0.3, 0.4) is 0 Å². The van der Waals surface area contributed by atoms with Gasteiger partial charge in [-0.05, 0) is 23.3 Å². The standard InChI is InChI=1S/C11H13F3N6O2/c12-11(13,14)9-16-15-8(22-9)5-6-19-10(21)20(18-17-19)7-3-1-2-4-7/h7H,1-6H2. The summed E-state index contributed by atoms with van der Waals surface area (Å²) in [5.41, 5.74) is -0.373. The van der Waals surface area contributed by atoms with Crippen molar-refractivity contribution in [1.29, 1.82) is 0 Å². The SMILES string of the molecule is O=c1n(CCc2nnc(C(F)(F)F)o2)nnn1C1CCCC1. The van der Waals surface area contributed by atoms with Gasteiger partial charge in [0.05, 0.1) is 12.6 Å². The molecule has 2 aromatic heterocycles. The smallest absolute Gasteiger partial charge is 0.417 e. The second-order valence-corrected chi connectivity index (χ2v) is 5.12. The minimum atomic E-state index is -4.67. The van der Waals surface area contributed by atoms with Gasteiger partial charge in [-0.15, -0.1) is 10.2 Å². The minimum absolute atomic E-state index is 0.0215. The number of halogens is 3. The largest absolute Gasteiger partial charge is 0.470 e. The molecule has 1 fully saturated rings. The van der Waals surface area contributed by atoms with Gasteiger partial charge in [0.2, 0.25) is 5.89 Å². The topological polar surface area (TPSA) is 91.6 Å². The molecule has 1 aliphatic carbocycles. The van der Waals surface area contributed by atoms with Crippen molar-refractivity contribution in [2.75, 3.05) is 0 Å². The van der Waals surface area contributed by atoms with E-state index in [-0.39, 0.29) is 30.6 Å². The number of alkyl halides is 3. The fourth-order valence-electron chi connectivity index (χ4n) is 2.48. The van der Waals surface area contributed by atoms with Crippen LogP contribution in [-0.2, 0) is 19.1 Å². The fraction of sp³-hybridized carbons (Fsp3) is 0.727. The molecule has 1 aliphatic rings. The first kappa shape index (κ1) is 14.7. The molecule has 0 N–H and O–H groups in total. The lowest BCUT2D eigenvalue weighted by Crippen LogP contribution is -2.28. The van der Waals surface area contributed by atoms with Gasteiger partial charge >= 0.3 is 17.8 Å². The molecule has 0 aromatic carbocycles. The zero-order valence-electron chi connectivity index (χ0n) is 11.5. The number of tetrazole rings is 1. The molecule has 2 aromatic rings. The Labute approximate surface area is 121 Å². The predicted octanol–water partition coefficient (Wildman–Crippen LogP) is 1.20. The summed E-state index contributed by atoms with van der Waals surface area (Å²) in [6, 6.07) is 0.0569. The van der Waals surface area contributed by atoms with Crippen LogP contribution < -0.4 is 5.69 Å². The summed E-state index contributed by atoms with van der Waals surface area (Å²) in [7, 11) is 0. The molecule has 0 bridgehead atoms. The number of hydrogen-bond acceptors (Lipinski definition) is 6. The van der Waals surface area contributed by atoms with E-state index in [0.29, 0.717) is 0 Å². The van der Waals surface area contributed by atoms with Gasteiger partial charge in [0, 0.05) is 6.42 Å². The van der Waals surface area contributed by atoms with Crippen LogP contribution in [0.2, 0.25) is 0 Å². The predicted molar refractivity (Wildman–Crippen MR) is 64.8 cm³/mol. The third kappa shape index (κ3) is 2.88. The molecule has 3 rings (SSSR count). The third-order valence-electron chi connectivity index (χ3n) is 3.58. The van der Waals surface area contributed by atoms with Crippen molar-refractivity contribution < 1.29 is 17.6 Å². The molecule has 2 heterocycles. The maximum absolute atomic E-state index is 12.3. The molecular weight excluding hydrogens is 305 g/mol. The lowest BCUT2D eigenvalue weighted by atomic mass is 10.3. The Morgan fingerprint density at radius 3 is 2.55 bits per heavy atom. The van der Waals surface area contributed by atoms with E-state index >= 15 is 0 Å². The lowest BCUT2D eigenvalue weighted by Gasteiger charge is -2.05. The normalized spacial score (nSPS) is 16.5. The van der Waals surface area contributed by atoms with E-state index in [4.69, 9.17) is 0 Å². The summed E-state index contributed by atoms with van der Waals surface area (Å²) < 4.78 is 43.9. The average Bonchev–Trinajstić information content (AvgIpc) is 3.16. The van der Waals surface area contributed by atoms with Gasteiger partial charge in [-0.1, -0.05) is 12.8 Å². The van der Waals surface area contributed by atoms with E-state index < -0.39 is 12.1 Å². The van der Waals surface area contributed by atoms with E-state index in [0.717, 1.165) is 30.4 Å². The fourth-order valence-corrected chi connectivity index (χ4v) is 2.48. The average molecular weight is 318 g/mol. The van der Waals surface area contributed by atoms with Crippen LogP contribution in [0.1, 0.15) is 43.5 Å². The first-order valence-corrected chi connectivity index (χ1v) is 6.87. The highest BCUT2D eigenvalue weighted by atomic mass is 19.4. The first-order valence-electron chi connectivity index (χ1n) is 6.87. The summed E-state index contributed by atoms with van der Waals surface area (Å²) in [6.07, 6.45) is -0.827. The van der Waals surface area contributed by atoms with Crippen molar-refractivity contribution >= 4 is 0 Å². The summed E-state index contributed by atoms with van der Waals surface area (Å²) in [5, 5.41) is 13.8. The van der Waals surface area contributed by atoms with Gasteiger partial charge < -0.3 is 4.42 Å². The zero-order valence-corrected chi connectivity index (χ0v) is 11.5. The van der Waals surface area contributed by atoms with E-state index in [9.17, 15) is 18.0 Å². The highest BCUT2D eigenvalue weighted by Crippen LogP contribution is 2.28. The van der Waals surface area contributed by atoms with Gasteiger partial charge in [-0.2, -0.15) is 22.5 Å². The number of aryl methyl sites for hydroxylation is 2. The molecular formula is C11H13F3N6O2. The number of rotatable bonds is 4. The van der Waals surface area contributed by atoms with E-state index in [1.807, 2.05) is 0 Å². The van der Waals surface area contributed by atoms with Crippen LogP contribution in [0.25, 0.3) is 0 Å². The molecule has 0 radical (unpaired) electrons. The minimum Gasteiger partial charge on any atom is -0.417 e. The van der Waals surface area contributed by atoms with Crippen LogP contribution in [-0.4, -0.2) is 30.0 Å². The Morgan fingerprint density at radius 1 is 1.18 bits per heavy atom. The second kappa shape index (κ2) is 5.54. The van der Waals surface area contributed by atoms with Crippen molar-refractivity contribution in [3.05, 3.63) is 22.3 Å². The highest BCUT2D eigenvalue weighted by Gasteiger charge is 2.38. The number of hydrogen-bond donors (Lipinski definition) is 0. The van der Waals surface area contributed by atoms with Gasteiger partial charge in [-0.25, -0.2) is 4.79 Å². The Hall–Kier alpha value is -2.20. The van der Waals surface area contributed by atoms with Crippen molar-refractivity contribution in [3.8, 4) is 0 Å². The summed E-state index contributed by atoms with van der Waals surface area (Å²) >= 11 is 0. The van der Waals surface area contributed by atoms with Gasteiger partial charge in [0.1, 0.15) is 0 Å². The van der Waals surface area contributed by atoms with Gasteiger partial charge in [0.15, 0.2) is 0 Å². The Bertz CT molecular complexity index is 697. The summed E-state index contributed by atoms with van der Waals surface area (Å²) in [6.45, 7) is 0.0328. The molecule has 0 amide bonds. The van der Waals surface area contributed by atoms with Crippen LogP contribution in [0.4, 0.5) is 13.2 Å². The maximum atomic E-state index is 12.3. The quantitative estimate of drug-likeness (QED) is 0.841. The first-order chi connectivity index (χ1) is 10.4. The lowest BCUT2D eigenvalue weighted by molar-refractivity contribution is -0.157. The molecule has 0 spiro atoms. The van der Waals surface area contributed by atoms with Gasteiger partial charge in [-0.3, -0.25) is 0 Å². The Balaban J connectivity index is 1.67. The van der Waals surface area contributed by atoms with Crippen molar-refractivity contribution in [2.24, 2.45) is 0 Å². The second-order valence-electron chi connectivity index (χ2n) is 5.12. The Morgan fingerprint density at radius 2 is 1.91 bits per heavy atom. The van der Waals surface area contributed by atoms with Crippen molar-refractivity contribution in [1.82, 2.24) is 30.0 Å². The van der Waals surface area contributed by atoms with Crippen molar-refractivity contribution in [2.45, 2.75) is 50.9 Å². The molecule has 120 valence electrons. The number of aromatic nitrogens is 6. The maximum Gasteiger partial charge on any atom is 0.470 e. The van der Waals surface area contributed by atoms with Crippen molar-refractivity contribution in [3.63, 3.8) is 0 Å². The molecule has 0 unspecified atom stereocenters.